The minimum Gasteiger partial charge on any atom is -0.345 e. The minimum absolute atomic E-state index is 0.148. The van der Waals surface area contributed by atoms with Crippen molar-refractivity contribution in [3.8, 4) is 0 Å². The van der Waals surface area contributed by atoms with E-state index in [9.17, 15) is 4.79 Å². The van der Waals surface area contributed by atoms with Gasteiger partial charge in [0.2, 0.25) is 0 Å². The molecule has 26 heavy (non-hydrogen) atoms. The molecule has 2 heterocycles. The minimum atomic E-state index is 0.148. The van der Waals surface area contributed by atoms with E-state index in [2.05, 4.69) is 39.1 Å². The number of aromatic nitrogens is 2. The Kier molecular flexibility index (Phi) is 4.49. The van der Waals surface area contributed by atoms with E-state index < -0.39 is 0 Å². The maximum atomic E-state index is 13.1. The number of nitrogens with one attached hydrogen (secondary N) is 1. The molecule has 3 aromatic rings. The average molecular weight is 347 g/mol. The summed E-state index contributed by atoms with van der Waals surface area (Å²) in [5.74, 6) is 0.758. The second-order valence-corrected chi connectivity index (χ2v) is 6.91. The second kappa shape index (κ2) is 6.94. The largest absolute Gasteiger partial charge is 0.345 e. The van der Waals surface area contributed by atoms with Crippen LogP contribution in [-0.2, 0) is 6.42 Å². The normalized spacial score (nSPS) is 20.9. The topological polar surface area (TPSA) is 49.0 Å². The molecule has 1 aliphatic heterocycles. The number of imidazole rings is 1. The van der Waals surface area contributed by atoms with Crippen LogP contribution in [0, 0.1) is 0 Å². The number of benzene rings is 2. The summed E-state index contributed by atoms with van der Waals surface area (Å²) in [6, 6.07) is 14.8. The molecular formula is C22H25N3O. The summed E-state index contributed by atoms with van der Waals surface area (Å²) in [5.41, 5.74) is 5.49. The van der Waals surface area contributed by atoms with E-state index in [0.717, 1.165) is 42.4 Å². The van der Waals surface area contributed by atoms with Crippen molar-refractivity contribution in [3.63, 3.8) is 0 Å². The van der Waals surface area contributed by atoms with Crippen molar-refractivity contribution in [2.45, 2.75) is 45.1 Å². The number of piperidine rings is 1. The number of likely N-dealkylation sites (tertiary alicyclic amines) is 1. The van der Waals surface area contributed by atoms with Crippen molar-refractivity contribution in [3.05, 3.63) is 65.5 Å². The summed E-state index contributed by atoms with van der Waals surface area (Å²) in [6.45, 7) is 4.85. The molecule has 4 heteroatoms. The highest BCUT2D eigenvalue weighted by molar-refractivity contribution is 5.97. The molecule has 2 aromatic carbocycles. The van der Waals surface area contributed by atoms with Gasteiger partial charge in [0.15, 0.2) is 0 Å². The van der Waals surface area contributed by atoms with Crippen molar-refractivity contribution in [1.29, 1.82) is 0 Å². The smallest absolute Gasteiger partial charge is 0.254 e. The summed E-state index contributed by atoms with van der Waals surface area (Å²) in [5, 5.41) is 0. The van der Waals surface area contributed by atoms with Crippen LogP contribution in [0.5, 0.6) is 0 Å². The third-order valence-corrected chi connectivity index (χ3v) is 5.59. The lowest BCUT2D eigenvalue weighted by Crippen LogP contribution is -2.48. The standard InChI is InChI=1S/C20H19N3O.C2H6/c24-20(15-5-6-18-19(11-15)22-12-21-18)23-8-7-14-10-16(23)9-13-3-1-2-4-17(13)14;1-2/h1-6,11-12,14,16H,7-10H2,(H,21,22);1-2H3/t14-,16-;/m1./s1. The first-order chi connectivity index (χ1) is 12.8. The molecule has 1 N–H and O–H groups in total. The van der Waals surface area contributed by atoms with Gasteiger partial charge in [-0.1, -0.05) is 38.1 Å². The van der Waals surface area contributed by atoms with Crippen molar-refractivity contribution >= 4 is 16.9 Å². The number of amides is 1. The van der Waals surface area contributed by atoms with Gasteiger partial charge in [-0.2, -0.15) is 0 Å². The fraction of sp³-hybridized carbons (Fsp3) is 0.364. The number of hydrogen-bond donors (Lipinski definition) is 1. The van der Waals surface area contributed by atoms with E-state index in [0.29, 0.717) is 12.0 Å². The molecule has 2 aliphatic rings. The molecule has 1 aliphatic carbocycles. The molecule has 0 unspecified atom stereocenters. The lowest BCUT2D eigenvalue weighted by Gasteiger charge is -2.44. The maximum absolute atomic E-state index is 13.1. The van der Waals surface area contributed by atoms with Gasteiger partial charge in [-0.3, -0.25) is 4.79 Å². The lowest BCUT2D eigenvalue weighted by atomic mass is 9.75. The predicted octanol–water partition coefficient (Wildman–Crippen LogP) is 4.53. The van der Waals surface area contributed by atoms with Crippen molar-refractivity contribution in [2.75, 3.05) is 6.54 Å². The van der Waals surface area contributed by atoms with Crippen LogP contribution in [0.4, 0.5) is 0 Å². The van der Waals surface area contributed by atoms with Crippen molar-refractivity contribution < 1.29 is 4.79 Å². The molecule has 0 radical (unpaired) electrons. The Morgan fingerprint density at radius 2 is 2.04 bits per heavy atom. The van der Waals surface area contributed by atoms with Gasteiger partial charge in [0.1, 0.15) is 0 Å². The van der Waals surface area contributed by atoms with Crippen LogP contribution in [-0.4, -0.2) is 33.4 Å². The van der Waals surface area contributed by atoms with Crippen LogP contribution in [0.25, 0.3) is 11.0 Å². The molecule has 134 valence electrons. The molecule has 0 saturated carbocycles. The van der Waals surface area contributed by atoms with Crippen LogP contribution >= 0.6 is 0 Å². The summed E-state index contributed by atoms with van der Waals surface area (Å²) >= 11 is 0. The number of H-pyrrole nitrogens is 1. The van der Waals surface area contributed by atoms with Crippen LogP contribution in [0.15, 0.2) is 48.8 Å². The summed E-state index contributed by atoms with van der Waals surface area (Å²) < 4.78 is 0. The highest BCUT2D eigenvalue weighted by Crippen LogP contribution is 2.40. The fourth-order valence-corrected chi connectivity index (χ4v) is 4.40. The zero-order chi connectivity index (χ0) is 18.1. The highest BCUT2D eigenvalue weighted by Gasteiger charge is 2.37. The molecule has 0 spiro atoms. The average Bonchev–Trinajstić information content (AvgIpc) is 3.17. The summed E-state index contributed by atoms with van der Waals surface area (Å²) in [4.78, 5) is 22.5. The number of carbonyl (C=O) groups excluding carboxylic acids is 1. The molecule has 2 bridgehead atoms. The van der Waals surface area contributed by atoms with Crippen LogP contribution in [0.1, 0.15) is 54.1 Å². The quantitative estimate of drug-likeness (QED) is 0.703. The van der Waals surface area contributed by atoms with Crippen LogP contribution < -0.4 is 0 Å². The molecule has 1 saturated heterocycles. The molecular weight excluding hydrogens is 322 g/mol. The van der Waals surface area contributed by atoms with Gasteiger partial charge in [0.25, 0.3) is 5.91 Å². The van der Waals surface area contributed by atoms with E-state index in [1.165, 1.54) is 11.1 Å². The van der Waals surface area contributed by atoms with Crippen molar-refractivity contribution in [2.24, 2.45) is 0 Å². The molecule has 5 rings (SSSR count). The molecule has 1 aromatic heterocycles. The number of carbonyl (C=O) groups is 1. The Morgan fingerprint density at radius 1 is 1.19 bits per heavy atom. The first-order valence-corrected chi connectivity index (χ1v) is 9.61. The van der Waals surface area contributed by atoms with E-state index in [1.807, 2.05) is 32.0 Å². The number of nitrogens with zero attached hydrogens (tertiary/aromatic N) is 2. The van der Waals surface area contributed by atoms with Gasteiger partial charge >= 0.3 is 0 Å². The third kappa shape index (κ3) is 2.79. The van der Waals surface area contributed by atoms with Gasteiger partial charge in [-0.25, -0.2) is 4.98 Å². The van der Waals surface area contributed by atoms with Gasteiger partial charge in [0.05, 0.1) is 17.4 Å². The van der Waals surface area contributed by atoms with Gasteiger partial charge in [-0.15, -0.1) is 0 Å². The SMILES string of the molecule is CC.O=C(c1ccc2nc[nH]c2c1)N1CC[C@@H]2C[C@H]1Cc1ccccc12. The van der Waals surface area contributed by atoms with Crippen LogP contribution in [0.3, 0.4) is 0 Å². The zero-order valence-electron chi connectivity index (χ0n) is 15.4. The first kappa shape index (κ1) is 16.8. The third-order valence-electron chi connectivity index (χ3n) is 5.59. The van der Waals surface area contributed by atoms with Gasteiger partial charge < -0.3 is 9.88 Å². The monoisotopic (exact) mass is 347 g/mol. The van der Waals surface area contributed by atoms with Crippen LogP contribution in [0.2, 0.25) is 0 Å². The second-order valence-electron chi connectivity index (χ2n) is 6.91. The van der Waals surface area contributed by atoms with E-state index in [4.69, 9.17) is 0 Å². The Bertz CT molecular complexity index is 930. The Labute approximate surface area is 154 Å². The summed E-state index contributed by atoms with van der Waals surface area (Å²) in [6.07, 6.45) is 4.80. The highest BCUT2D eigenvalue weighted by atomic mass is 16.2. The Hall–Kier alpha value is -2.62. The molecule has 1 amide bonds. The van der Waals surface area contributed by atoms with Crippen molar-refractivity contribution in [1.82, 2.24) is 14.9 Å². The van der Waals surface area contributed by atoms with E-state index >= 15 is 0 Å². The fourth-order valence-electron chi connectivity index (χ4n) is 4.40. The number of rotatable bonds is 1. The Morgan fingerprint density at radius 3 is 2.92 bits per heavy atom. The molecule has 4 nitrogen and oxygen atoms in total. The van der Waals surface area contributed by atoms with Gasteiger partial charge in [-0.05, 0) is 54.5 Å². The number of hydrogen-bond acceptors (Lipinski definition) is 2. The lowest BCUT2D eigenvalue weighted by molar-refractivity contribution is 0.0574. The van der Waals surface area contributed by atoms with E-state index in [-0.39, 0.29) is 5.91 Å². The molecule has 1 fully saturated rings. The molecule has 2 atom stereocenters. The van der Waals surface area contributed by atoms with E-state index in [1.54, 1.807) is 6.33 Å². The van der Waals surface area contributed by atoms with Gasteiger partial charge in [0, 0.05) is 18.2 Å². The number of aromatic amines is 1. The summed E-state index contributed by atoms with van der Waals surface area (Å²) in [7, 11) is 0. The zero-order valence-corrected chi connectivity index (χ0v) is 15.4. The number of fused-ring (bicyclic) bond motifs is 5. The predicted molar refractivity (Wildman–Crippen MR) is 104 cm³/mol. The Balaban J connectivity index is 0.000000814. The maximum Gasteiger partial charge on any atom is 0.254 e. The first-order valence-electron chi connectivity index (χ1n) is 9.61.